The lowest BCUT2D eigenvalue weighted by Gasteiger charge is -2.10. The van der Waals surface area contributed by atoms with E-state index in [2.05, 4.69) is 15.6 Å². The summed E-state index contributed by atoms with van der Waals surface area (Å²) in [5.41, 5.74) is 6.25. The van der Waals surface area contributed by atoms with Gasteiger partial charge in [-0.05, 0) is 59.5 Å². The molecule has 4 aromatic carbocycles. The van der Waals surface area contributed by atoms with Crippen LogP contribution in [0.5, 0.6) is 0 Å². The average Bonchev–Trinajstić information content (AvgIpc) is 3.33. The molecule has 0 atom stereocenters. The Labute approximate surface area is 201 Å². The van der Waals surface area contributed by atoms with Crippen molar-refractivity contribution in [3.05, 3.63) is 113 Å². The quantitative estimate of drug-likeness (QED) is 0.369. The first-order valence-corrected chi connectivity index (χ1v) is 11.1. The zero-order chi connectivity index (χ0) is 24.4. The molecule has 5 aromatic rings. The van der Waals surface area contributed by atoms with Gasteiger partial charge in [-0.15, -0.1) is 5.10 Å². The van der Waals surface area contributed by atoms with Gasteiger partial charge in [-0.2, -0.15) is 0 Å². The smallest absolute Gasteiger partial charge is 0.336 e. The van der Waals surface area contributed by atoms with Crippen molar-refractivity contribution in [2.45, 2.75) is 13.5 Å². The van der Waals surface area contributed by atoms with Gasteiger partial charge in [-0.25, -0.2) is 9.48 Å². The second kappa shape index (κ2) is 9.23. The molecule has 1 amide bonds. The molecular formula is C28H22N4O3. The molecule has 0 aliphatic heterocycles. The van der Waals surface area contributed by atoms with Gasteiger partial charge in [0.1, 0.15) is 5.52 Å². The monoisotopic (exact) mass is 462 g/mol. The van der Waals surface area contributed by atoms with Gasteiger partial charge in [-0.3, -0.25) is 4.79 Å². The van der Waals surface area contributed by atoms with Crippen molar-refractivity contribution in [3.8, 4) is 16.8 Å². The lowest BCUT2D eigenvalue weighted by Crippen LogP contribution is -2.23. The topological polar surface area (TPSA) is 97.1 Å². The van der Waals surface area contributed by atoms with E-state index in [0.29, 0.717) is 23.2 Å². The molecule has 0 aliphatic carbocycles. The van der Waals surface area contributed by atoms with Crippen molar-refractivity contribution in [3.63, 3.8) is 0 Å². The van der Waals surface area contributed by atoms with Crippen LogP contribution in [-0.2, 0) is 6.54 Å². The number of aryl methyl sites for hydroxylation is 1. The normalized spacial score (nSPS) is 10.9. The second-order valence-electron chi connectivity index (χ2n) is 8.17. The molecule has 0 radical (unpaired) electrons. The van der Waals surface area contributed by atoms with Crippen LogP contribution >= 0.6 is 0 Å². The maximum atomic E-state index is 12.8. The fourth-order valence-electron chi connectivity index (χ4n) is 4.13. The largest absolute Gasteiger partial charge is 0.478 e. The van der Waals surface area contributed by atoms with Gasteiger partial charge >= 0.3 is 5.97 Å². The van der Waals surface area contributed by atoms with Crippen molar-refractivity contribution in [2.75, 3.05) is 0 Å². The first-order chi connectivity index (χ1) is 17.0. The zero-order valence-corrected chi connectivity index (χ0v) is 19.0. The lowest BCUT2D eigenvalue weighted by molar-refractivity contribution is 0.0697. The summed E-state index contributed by atoms with van der Waals surface area (Å²) >= 11 is 0. The number of nitrogens with zero attached hydrogens (tertiary/aromatic N) is 3. The number of fused-ring (bicyclic) bond motifs is 1. The van der Waals surface area contributed by atoms with Crippen LogP contribution < -0.4 is 5.32 Å². The highest BCUT2D eigenvalue weighted by Gasteiger charge is 2.16. The molecule has 0 aliphatic rings. The number of aromatic carboxylic acids is 1. The van der Waals surface area contributed by atoms with Crippen LogP contribution in [0.4, 0.5) is 0 Å². The summed E-state index contributed by atoms with van der Waals surface area (Å²) < 4.78 is 1.71. The third-order valence-corrected chi connectivity index (χ3v) is 5.99. The number of benzene rings is 4. The zero-order valence-electron chi connectivity index (χ0n) is 19.0. The first kappa shape index (κ1) is 22.0. The highest BCUT2D eigenvalue weighted by Crippen LogP contribution is 2.27. The predicted octanol–water partition coefficient (Wildman–Crippen LogP) is 5.02. The minimum atomic E-state index is -0.967. The molecule has 0 saturated heterocycles. The highest BCUT2D eigenvalue weighted by atomic mass is 16.4. The summed E-state index contributed by atoms with van der Waals surface area (Å²) in [5, 5.41) is 21.1. The second-order valence-corrected chi connectivity index (χ2v) is 8.17. The Hall–Kier alpha value is -4.78. The van der Waals surface area contributed by atoms with E-state index < -0.39 is 5.97 Å². The number of hydrogen-bond acceptors (Lipinski definition) is 4. The fourth-order valence-corrected chi connectivity index (χ4v) is 4.13. The van der Waals surface area contributed by atoms with E-state index in [0.717, 1.165) is 27.9 Å². The minimum absolute atomic E-state index is 0.163. The number of aromatic nitrogens is 3. The molecule has 172 valence electrons. The first-order valence-electron chi connectivity index (χ1n) is 11.1. The minimum Gasteiger partial charge on any atom is -0.478 e. The SMILES string of the molecule is Cc1c(C(=O)NCc2ccccc2)ccc2c1nnn2-c1ccc(-c2ccccc2C(=O)O)cc1. The van der Waals surface area contributed by atoms with Crippen molar-refractivity contribution in [2.24, 2.45) is 0 Å². The Balaban J connectivity index is 1.42. The maximum absolute atomic E-state index is 12.8. The Bertz CT molecular complexity index is 1540. The molecule has 0 spiro atoms. The van der Waals surface area contributed by atoms with E-state index in [1.165, 1.54) is 0 Å². The highest BCUT2D eigenvalue weighted by molar-refractivity contribution is 6.00. The van der Waals surface area contributed by atoms with Crippen molar-refractivity contribution >= 4 is 22.9 Å². The summed E-state index contributed by atoms with van der Waals surface area (Å²) in [5.74, 6) is -1.13. The van der Waals surface area contributed by atoms with Crippen LogP contribution in [0.15, 0.2) is 91.0 Å². The van der Waals surface area contributed by atoms with Gasteiger partial charge in [0.2, 0.25) is 0 Å². The third-order valence-electron chi connectivity index (χ3n) is 5.99. The number of rotatable bonds is 6. The maximum Gasteiger partial charge on any atom is 0.336 e. The van der Waals surface area contributed by atoms with Crippen molar-refractivity contribution in [1.29, 1.82) is 0 Å². The summed E-state index contributed by atoms with van der Waals surface area (Å²) in [6, 6.07) is 27.8. The number of carbonyl (C=O) groups excluding carboxylic acids is 1. The summed E-state index contributed by atoms with van der Waals surface area (Å²) in [6.45, 7) is 2.31. The Morgan fingerprint density at radius 1 is 0.857 bits per heavy atom. The Morgan fingerprint density at radius 3 is 2.31 bits per heavy atom. The standard InChI is InChI=1S/C28H22N4O3/c1-18-22(27(33)29-17-19-7-3-2-4-8-19)15-16-25-26(18)30-31-32(25)21-13-11-20(12-14-21)23-9-5-6-10-24(23)28(34)35/h2-16H,17H2,1H3,(H,29,33)(H,34,35). The van der Waals surface area contributed by atoms with E-state index in [4.69, 9.17) is 0 Å². The van der Waals surface area contributed by atoms with Crippen molar-refractivity contribution in [1.82, 2.24) is 20.3 Å². The summed E-state index contributed by atoms with van der Waals surface area (Å²) in [7, 11) is 0. The average molecular weight is 463 g/mol. The number of nitrogens with one attached hydrogen (secondary N) is 1. The fraction of sp³-hybridized carbons (Fsp3) is 0.0714. The molecule has 0 fully saturated rings. The van der Waals surface area contributed by atoms with Crippen LogP contribution in [0.2, 0.25) is 0 Å². The molecule has 7 nitrogen and oxygen atoms in total. The molecule has 2 N–H and O–H groups in total. The van der Waals surface area contributed by atoms with Gasteiger partial charge in [0.25, 0.3) is 5.91 Å². The third kappa shape index (κ3) is 4.27. The molecule has 35 heavy (non-hydrogen) atoms. The molecule has 0 saturated carbocycles. The Kier molecular flexibility index (Phi) is 5.81. The lowest BCUT2D eigenvalue weighted by atomic mass is 9.99. The predicted molar refractivity (Wildman–Crippen MR) is 134 cm³/mol. The van der Waals surface area contributed by atoms with Crippen LogP contribution in [-0.4, -0.2) is 32.0 Å². The number of carboxylic acids is 1. The van der Waals surface area contributed by atoms with Gasteiger partial charge < -0.3 is 10.4 Å². The summed E-state index contributed by atoms with van der Waals surface area (Å²) in [4.78, 5) is 24.4. The van der Waals surface area contributed by atoms with Gasteiger partial charge in [0.05, 0.1) is 16.8 Å². The van der Waals surface area contributed by atoms with Gasteiger partial charge in [-0.1, -0.05) is 65.9 Å². The van der Waals surface area contributed by atoms with E-state index in [-0.39, 0.29) is 11.5 Å². The molecule has 1 heterocycles. The Morgan fingerprint density at radius 2 is 1.57 bits per heavy atom. The van der Waals surface area contributed by atoms with Gasteiger partial charge in [0.15, 0.2) is 0 Å². The molecule has 0 unspecified atom stereocenters. The van der Waals surface area contributed by atoms with Crippen LogP contribution in [0.25, 0.3) is 27.8 Å². The number of hydrogen-bond donors (Lipinski definition) is 2. The number of carbonyl (C=O) groups is 2. The molecular weight excluding hydrogens is 440 g/mol. The number of amides is 1. The van der Waals surface area contributed by atoms with Gasteiger partial charge in [0, 0.05) is 12.1 Å². The van der Waals surface area contributed by atoms with E-state index >= 15 is 0 Å². The number of carboxylic acid groups (broad SMARTS) is 1. The van der Waals surface area contributed by atoms with Crippen LogP contribution in [0, 0.1) is 6.92 Å². The van der Waals surface area contributed by atoms with E-state index in [9.17, 15) is 14.7 Å². The van der Waals surface area contributed by atoms with E-state index in [1.807, 2.05) is 73.7 Å². The van der Waals surface area contributed by atoms with Crippen molar-refractivity contribution < 1.29 is 14.7 Å². The van der Waals surface area contributed by atoms with Crippen LogP contribution in [0.1, 0.15) is 31.8 Å². The van der Waals surface area contributed by atoms with Crippen LogP contribution in [0.3, 0.4) is 0 Å². The molecule has 5 rings (SSSR count). The van der Waals surface area contributed by atoms with E-state index in [1.54, 1.807) is 28.9 Å². The molecule has 7 heteroatoms. The summed E-state index contributed by atoms with van der Waals surface area (Å²) in [6.07, 6.45) is 0. The molecule has 1 aromatic heterocycles. The molecule has 0 bridgehead atoms.